The first-order chi connectivity index (χ1) is 31.0. The SMILES string of the molecule is N[C@@H](CC(=O)N1CC[C@H]2CN(C(=O)C3(F)CC3)C[C@H]21)Cc1cc(F)c(F)cc1F.N[C@@H](CC(=O)N1CC[C@H]2CN(C(=O)C3(F)CC3)C[C@H]21)Cc1cc(F)c(F)cc1F.O=C(O)/C=C/C(=O)O. The zero-order valence-corrected chi connectivity index (χ0v) is 35.6. The first-order valence-corrected chi connectivity index (χ1v) is 21.5. The summed E-state index contributed by atoms with van der Waals surface area (Å²) in [5, 5.41) is 15.6. The van der Waals surface area contributed by atoms with Crippen molar-refractivity contribution in [2.75, 3.05) is 39.3 Å². The second-order valence-corrected chi connectivity index (χ2v) is 17.8. The van der Waals surface area contributed by atoms with Crippen LogP contribution in [0.1, 0.15) is 62.5 Å². The van der Waals surface area contributed by atoms with Gasteiger partial charge in [0, 0.05) is 100 Å². The highest BCUT2D eigenvalue weighted by atomic mass is 19.2. The molecule has 6 N–H and O–H groups in total. The second-order valence-electron chi connectivity index (χ2n) is 17.8. The van der Waals surface area contributed by atoms with Gasteiger partial charge in [-0.3, -0.25) is 19.2 Å². The summed E-state index contributed by atoms with van der Waals surface area (Å²) in [5.74, 6) is -10.4. The molecule has 0 unspecified atom stereocenters. The Hall–Kier alpha value is -5.64. The topological polar surface area (TPSA) is 208 Å². The van der Waals surface area contributed by atoms with Gasteiger partial charge in [-0.1, -0.05) is 0 Å². The molecule has 22 heteroatoms. The van der Waals surface area contributed by atoms with E-state index in [2.05, 4.69) is 0 Å². The van der Waals surface area contributed by atoms with E-state index in [1.165, 1.54) is 9.80 Å². The zero-order chi connectivity index (χ0) is 48.4. The summed E-state index contributed by atoms with van der Waals surface area (Å²) in [4.78, 5) is 75.4. The van der Waals surface area contributed by atoms with Crippen LogP contribution in [0.4, 0.5) is 35.1 Å². The number of amides is 4. The maximum atomic E-state index is 14.1. The molecule has 2 aliphatic carbocycles. The fraction of sp³-hybridized carbons (Fsp3) is 0.545. The van der Waals surface area contributed by atoms with Gasteiger partial charge in [0.1, 0.15) is 11.6 Å². The van der Waals surface area contributed by atoms with Crippen LogP contribution in [-0.4, -0.2) is 140 Å². The molecule has 4 amide bonds. The number of nitrogens with two attached hydrogens (primary N) is 2. The molecule has 6 aliphatic rings. The number of halogens is 8. The Balaban J connectivity index is 0.000000188. The molecule has 4 aliphatic heterocycles. The Labute approximate surface area is 373 Å². The molecule has 2 aromatic carbocycles. The molecule has 360 valence electrons. The molecule has 4 heterocycles. The Bertz CT molecular complexity index is 2110. The van der Waals surface area contributed by atoms with Crippen LogP contribution in [0.15, 0.2) is 36.4 Å². The van der Waals surface area contributed by atoms with E-state index in [1.54, 1.807) is 9.80 Å². The van der Waals surface area contributed by atoms with Crippen LogP contribution in [0.3, 0.4) is 0 Å². The van der Waals surface area contributed by atoms with Crippen LogP contribution in [0.5, 0.6) is 0 Å². The van der Waals surface area contributed by atoms with Gasteiger partial charge in [-0.25, -0.2) is 44.7 Å². The summed E-state index contributed by atoms with van der Waals surface area (Å²) >= 11 is 0. The van der Waals surface area contributed by atoms with Gasteiger partial charge in [0.05, 0.1) is 12.1 Å². The molecule has 0 aromatic heterocycles. The molecule has 4 saturated heterocycles. The first kappa shape index (κ1) is 49.8. The van der Waals surface area contributed by atoms with Gasteiger partial charge >= 0.3 is 11.9 Å². The van der Waals surface area contributed by atoms with E-state index < -0.39 is 82.1 Å². The molecule has 8 rings (SSSR count). The summed E-state index contributed by atoms with van der Waals surface area (Å²) in [6.45, 7) is 2.59. The van der Waals surface area contributed by atoms with Crippen LogP contribution in [0.25, 0.3) is 0 Å². The van der Waals surface area contributed by atoms with Crippen LogP contribution >= 0.6 is 0 Å². The minimum Gasteiger partial charge on any atom is -0.478 e. The second kappa shape index (κ2) is 20.1. The highest BCUT2D eigenvalue weighted by molar-refractivity contribution is 5.90. The molecule has 6 fully saturated rings. The third kappa shape index (κ3) is 11.8. The quantitative estimate of drug-likeness (QED) is 0.138. The number of carboxylic acid groups (broad SMARTS) is 2. The lowest BCUT2D eigenvalue weighted by Crippen LogP contribution is -2.44. The Kier molecular flexibility index (Phi) is 15.1. The number of hydrogen-bond acceptors (Lipinski definition) is 8. The standard InChI is InChI=1S/2C20H23F4N3O2.C4H4O4/c2*21-14-8-16(23)15(22)6-12(14)5-13(25)7-18(28)27-4-1-11-9-26(10-17(11)27)19(29)20(24)2-3-20;5-3(6)1-2-4(7)8/h2*6,8,11,13,17H,1-5,7,9-10,25H2;1-2H,(H,5,6)(H,7,8)/b;;2-1+/t2*11-,13+,17+;/m00./s1. The molecule has 2 saturated carbocycles. The van der Waals surface area contributed by atoms with Gasteiger partial charge in [0.15, 0.2) is 34.6 Å². The lowest BCUT2D eigenvalue weighted by molar-refractivity contribution is -0.139. The Morgan fingerprint density at radius 1 is 0.576 bits per heavy atom. The molecule has 0 bridgehead atoms. The van der Waals surface area contributed by atoms with E-state index in [4.69, 9.17) is 21.7 Å². The Morgan fingerprint density at radius 2 is 0.909 bits per heavy atom. The van der Waals surface area contributed by atoms with Crippen molar-refractivity contribution in [2.24, 2.45) is 23.3 Å². The number of benzene rings is 2. The predicted molar refractivity (Wildman–Crippen MR) is 216 cm³/mol. The largest absolute Gasteiger partial charge is 0.478 e. The van der Waals surface area contributed by atoms with Gasteiger partial charge in [0.25, 0.3) is 11.8 Å². The van der Waals surface area contributed by atoms with Crippen LogP contribution in [0, 0.1) is 46.7 Å². The van der Waals surface area contributed by atoms with Crippen molar-refractivity contribution < 1.29 is 74.1 Å². The number of rotatable bonds is 12. The summed E-state index contributed by atoms with van der Waals surface area (Å²) in [7, 11) is 0. The highest BCUT2D eigenvalue weighted by Crippen LogP contribution is 2.45. The third-order valence-corrected chi connectivity index (χ3v) is 12.8. The molecule has 6 atom stereocenters. The van der Waals surface area contributed by atoms with Crippen molar-refractivity contribution in [3.8, 4) is 0 Å². The summed E-state index contributed by atoms with van der Waals surface area (Å²) in [6.07, 6.45) is 3.24. The summed E-state index contributed by atoms with van der Waals surface area (Å²) in [5.41, 5.74) is 8.32. The monoisotopic (exact) mass is 942 g/mol. The Morgan fingerprint density at radius 3 is 1.23 bits per heavy atom. The number of aliphatic carboxylic acids is 2. The normalized spacial score (nSPS) is 23.8. The van der Waals surface area contributed by atoms with Crippen molar-refractivity contribution in [1.82, 2.24) is 19.6 Å². The summed E-state index contributed by atoms with van der Waals surface area (Å²) < 4.78 is 109. The maximum Gasteiger partial charge on any atom is 0.328 e. The van der Waals surface area contributed by atoms with Gasteiger partial charge in [0.2, 0.25) is 11.8 Å². The number of likely N-dealkylation sites (tertiary alicyclic amines) is 4. The van der Waals surface area contributed by atoms with Crippen LogP contribution in [0.2, 0.25) is 0 Å². The lowest BCUT2D eigenvalue weighted by Gasteiger charge is -2.26. The van der Waals surface area contributed by atoms with E-state index >= 15 is 0 Å². The number of alkyl halides is 2. The smallest absolute Gasteiger partial charge is 0.328 e. The molecule has 0 spiro atoms. The third-order valence-electron chi connectivity index (χ3n) is 12.8. The maximum absolute atomic E-state index is 14.1. The van der Waals surface area contributed by atoms with E-state index in [-0.39, 0.29) is 98.2 Å². The number of carbonyl (C=O) groups excluding carboxylic acids is 4. The predicted octanol–water partition coefficient (Wildman–Crippen LogP) is 3.56. The van der Waals surface area contributed by atoms with Crippen LogP contribution < -0.4 is 11.5 Å². The summed E-state index contributed by atoms with van der Waals surface area (Å²) in [6, 6.07) is 0.582. The number of hydrogen-bond donors (Lipinski definition) is 4. The molecule has 0 radical (unpaired) electrons. The zero-order valence-electron chi connectivity index (χ0n) is 35.6. The van der Waals surface area contributed by atoms with Gasteiger partial charge in [-0.2, -0.15) is 0 Å². The lowest BCUT2D eigenvalue weighted by atomic mass is 10.0. The average Bonchev–Trinajstić information content (AvgIpc) is 3.86. The highest BCUT2D eigenvalue weighted by Gasteiger charge is 2.57. The molecular formula is C44H50F8N6O8. The number of nitrogens with zero attached hydrogens (tertiary/aromatic N) is 4. The molecular weight excluding hydrogens is 893 g/mol. The van der Waals surface area contributed by atoms with E-state index in [0.717, 1.165) is 25.0 Å². The van der Waals surface area contributed by atoms with Crippen molar-refractivity contribution in [2.45, 2.75) is 99.7 Å². The number of carboxylic acids is 2. The number of carbonyl (C=O) groups is 6. The van der Waals surface area contributed by atoms with Crippen molar-refractivity contribution in [3.05, 3.63) is 82.4 Å². The van der Waals surface area contributed by atoms with Gasteiger partial charge in [-0.05, 0) is 74.6 Å². The van der Waals surface area contributed by atoms with Crippen molar-refractivity contribution in [1.29, 1.82) is 0 Å². The minimum atomic E-state index is -1.72. The minimum absolute atomic E-state index is 0.0807. The van der Waals surface area contributed by atoms with Gasteiger partial charge < -0.3 is 41.3 Å². The van der Waals surface area contributed by atoms with E-state index in [1.807, 2.05) is 0 Å². The fourth-order valence-corrected chi connectivity index (χ4v) is 9.06. The van der Waals surface area contributed by atoms with E-state index in [0.29, 0.717) is 63.6 Å². The molecule has 14 nitrogen and oxygen atoms in total. The fourth-order valence-electron chi connectivity index (χ4n) is 9.06. The average molecular weight is 943 g/mol. The van der Waals surface area contributed by atoms with Gasteiger partial charge in [-0.15, -0.1) is 0 Å². The van der Waals surface area contributed by atoms with Crippen molar-refractivity contribution >= 4 is 35.6 Å². The molecule has 66 heavy (non-hydrogen) atoms. The van der Waals surface area contributed by atoms with Crippen molar-refractivity contribution in [3.63, 3.8) is 0 Å². The first-order valence-electron chi connectivity index (χ1n) is 21.5. The van der Waals surface area contributed by atoms with Crippen LogP contribution in [-0.2, 0) is 41.6 Å². The number of fused-ring (bicyclic) bond motifs is 2. The molecule has 2 aromatic rings. The van der Waals surface area contributed by atoms with E-state index in [9.17, 15) is 63.9 Å².